The van der Waals surface area contributed by atoms with Crippen LogP contribution in [0.4, 0.5) is 5.69 Å². The topological polar surface area (TPSA) is 70.4 Å². The van der Waals surface area contributed by atoms with Gasteiger partial charge in [-0.05, 0) is 43.0 Å². The van der Waals surface area contributed by atoms with Crippen LogP contribution in [0.3, 0.4) is 0 Å². The fourth-order valence-electron chi connectivity index (χ4n) is 2.71. The molecule has 0 aliphatic heterocycles. The Morgan fingerprint density at radius 3 is 2.75 bits per heavy atom. The summed E-state index contributed by atoms with van der Waals surface area (Å²) in [5, 5.41) is 8.92. The highest BCUT2D eigenvalue weighted by atomic mass is 32.1. The Morgan fingerprint density at radius 1 is 1.25 bits per heavy atom. The highest BCUT2D eigenvalue weighted by Gasteiger charge is 2.21. The molecule has 0 radical (unpaired) electrons. The molecule has 0 unspecified atom stereocenters. The second kappa shape index (κ2) is 7.28. The molecule has 1 amide bonds. The summed E-state index contributed by atoms with van der Waals surface area (Å²) >= 11 is 1.45. The predicted octanol–water partition coefficient (Wildman–Crippen LogP) is 2.95. The number of benzene rings is 1. The molecule has 1 heterocycles. The lowest BCUT2D eigenvalue weighted by atomic mass is 10.2. The molecule has 2 aromatic rings. The van der Waals surface area contributed by atoms with E-state index >= 15 is 0 Å². The van der Waals surface area contributed by atoms with Crippen molar-refractivity contribution >= 4 is 28.9 Å². The van der Waals surface area contributed by atoms with Gasteiger partial charge in [-0.15, -0.1) is 11.3 Å². The average molecular weight is 340 g/mol. The van der Waals surface area contributed by atoms with Crippen molar-refractivity contribution in [1.29, 1.82) is 5.26 Å². The number of nitriles is 1. The average Bonchev–Trinajstić information content (AvgIpc) is 3.20. The molecule has 0 saturated heterocycles. The minimum atomic E-state index is -0.479. The van der Waals surface area contributed by atoms with E-state index in [2.05, 4.69) is 0 Å². The number of esters is 1. The van der Waals surface area contributed by atoms with Crippen LogP contribution in [0.1, 0.15) is 26.5 Å². The van der Waals surface area contributed by atoms with Gasteiger partial charge in [-0.3, -0.25) is 9.69 Å². The van der Waals surface area contributed by atoms with Crippen LogP contribution < -0.4 is 4.90 Å². The van der Waals surface area contributed by atoms with Crippen LogP contribution in [0.2, 0.25) is 0 Å². The third-order valence-corrected chi connectivity index (χ3v) is 5.09. The highest BCUT2D eigenvalue weighted by molar-refractivity contribution is 7.14. The maximum absolute atomic E-state index is 12.3. The second-order valence-electron chi connectivity index (χ2n) is 5.46. The minimum absolute atomic E-state index is 0.0896. The van der Waals surface area contributed by atoms with Gasteiger partial charge in [-0.1, -0.05) is 18.2 Å². The van der Waals surface area contributed by atoms with E-state index in [4.69, 9.17) is 10.00 Å². The van der Waals surface area contributed by atoms with Gasteiger partial charge in [0.1, 0.15) is 11.4 Å². The Balaban J connectivity index is 1.62. The number of nitrogens with zero attached hydrogens (tertiary/aromatic N) is 2. The Bertz CT molecular complexity index is 771. The zero-order valence-electron chi connectivity index (χ0n) is 13.0. The molecule has 0 saturated carbocycles. The molecular weight excluding hydrogens is 324 g/mol. The van der Waals surface area contributed by atoms with Gasteiger partial charge < -0.3 is 4.74 Å². The number of hydrogen-bond donors (Lipinski definition) is 0. The van der Waals surface area contributed by atoms with E-state index in [1.54, 1.807) is 24.3 Å². The van der Waals surface area contributed by atoms with Gasteiger partial charge in [0, 0.05) is 10.6 Å². The highest BCUT2D eigenvalue weighted by Crippen LogP contribution is 2.30. The first-order valence-corrected chi connectivity index (χ1v) is 8.52. The summed E-state index contributed by atoms with van der Waals surface area (Å²) in [4.78, 5) is 27.5. The molecule has 0 fully saturated rings. The Kier molecular flexibility index (Phi) is 4.92. The van der Waals surface area contributed by atoms with E-state index in [9.17, 15) is 9.59 Å². The number of aryl methyl sites for hydroxylation is 2. The molecule has 0 spiro atoms. The summed E-state index contributed by atoms with van der Waals surface area (Å²) in [5.74, 6) is -0.895. The number of ether oxygens (including phenoxy) is 1. The van der Waals surface area contributed by atoms with Crippen LogP contribution in [0.5, 0.6) is 0 Å². The van der Waals surface area contributed by atoms with Gasteiger partial charge in [0.05, 0.1) is 6.07 Å². The first-order valence-electron chi connectivity index (χ1n) is 7.70. The number of thiophene rings is 1. The first-order chi connectivity index (χ1) is 11.7. The molecule has 0 N–H and O–H groups in total. The molecular formula is C18H16N2O3S. The van der Waals surface area contributed by atoms with Crippen molar-refractivity contribution in [3.8, 4) is 6.07 Å². The Morgan fingerprint density at radius 2 is 2.04 bits per heavy atom. The van der Waals surface area contributed by atoms with Crippen LogP contribution in [-0.2, 0) is 22.4 Å². The lowest BCUT2D eigenvalue weighted by Crippen LogP contribution is -2.35. The third-order valence-electron chi connectivity index (χ3n) is 3.87. The number of para-hydroxylation sites is 1. The smallest absolute Gasteiger partial charge is 0.348 e. The Hall–Kier alpha value is -2.65. The number of hydrogen-bond acceptors (Lipinski definition) is 5. The second-order valence-corrected chi connectivity index (χ2v) is 6.60. The normalized spacial score (nSPS) is 12.3. The van der Waals surface area contributed by atoms with Gasteiger partial charge >= 0.3 is 5.97 Å². The van der Waals surface area contributed by atoms with Crippen molar-refractivity contribution in [1.82, 2.24) is 0 Å². The van der Waals surface area contributed by atoms with Gasteiger partial charge in [-0.2, -0.15) is 5.26 Å². The van der Waals surface area contributed by atoms with E-state index < -0.39 is 11.9 Å². The molecule has 1 aromatic carbocycles. The molecule has 122 valence electrons. The van der Waals surface area contributed by atoms with Crippen molar-refractivity contribution in [3.05, 3.63) is 51.7 Å². The molecule has 3 rings (SSSR count). The first kappa shape index (κ1) is 16.2. The van der Waals surface area contributed by atoms with Crippen LogP contribution in [0, 0.1) is 11.3 Å². The van der Waals surface area contributed by atoms with Crippen molar-refractivity contribution in [2.75, 3.05) is 18.1 Å². The molecule has 6 heteroatoms. The van der Waals surface area contributed by atoms with Gasteiger partial charge in [-0.25, -0.2) is 4.79 Å². The summed E-state index contributed by atoms with van der Waals surface area (Å²) in [6.45, 7) is -0.467. The van der Waals surface area contributed by atoms with Gasteiger partial charge in [0.15, 0.2) is 6.61 Å². The summed E-state index contributed by atoms with van der Waals surface area (Å²) < 4.78 is 5.15. The summed E-state index contributed by atoms with van der Waals surface area (Å²) in [7, 11) is 0. The zero-order chi connectivity index (χ0) is 16.9. The van der Waals surface area contributed by atoms with E-state index in [0.29, 0.717) is 10.6 Å². The predicted molar refractivity (Wildman–Crippen MR) is 91.0 cm³/mol. The maximum atomic E-state index is 12.3. The molecule has 1 aromatic heterocycles. The molecule has 1 aliphatic carbocycles. The number of rotatable bonds is 5. The van der Waals surface area contributed by atoms with Crippen LogP contribution in [0.15, 0.2) is 36.4 Å². The molecule has 5 nitrogen and oxygen atoms in total. The lowest BCUT2D eigenvalue weighted by Gasteiger charge is -2.19. The quantitative estimate of drug-likeness (QED) is 0.620. The van der Waals surface area contributed by atoms with Crippen LogP contribution in [-0.4, -0.2) is 25.0 Å². The van der Waals surface area contributed by atoms with E-state index in [0.717, 1.165) is 19.3 Å². The fraction of sp³-hybridized carbons (Fsp3) is 0.278. The number of carbonyl (C=O) groups is 2. The summed E-state index contributed by atoms with van der Waals surface area (Å²) in [5.41, 5.74) is 1.82. The van der Waals surface area contributed by atoms with E-state index in [1.165, 1.54) is 26.7 Å². The number of amides is 1. The van der Waals surface area contributed by atoms with Gasteiger partial charge in [0.2, 0.25) is 0 Å². The largest absolute Gasteiger partial charge is 0.451 e. The number of fused-ring (bicyclic) bond motifs is 1. The standard InChI is InChI=1S/C18H16N2O3S/c19-9-10-20(14-6-2-1-3-7-14)17(21)12-23-18(22)16-11-13-5-4-8-15(13)24-16/h1-3,6-7,11H,4-5,8,10,12H2. The summed E-state index contributed by atoms with van der Waals surface area (Å²) in [6, 6.07) is 12.7. The lowest BCUT2D eigenvalue weighted by molar-refractivity contribution is -0.121. The molecule has 0 bridgehead atoms. The van der Waals surface area contributed by atoms with Crippen LogP contribution in [0.25, 0.3) is 0 Å². The Labute approximate surface area is 144 Å². The number of carbonyl (C=O) groups excluding carboxylic acids is 2. The van der Waals surface area contributed by atoms with Crippen molar-refractivity contribution < 1.29 is 14.3 Å². The summed E-state index contributed by atoms with van der Waals surface area (Å²) in [6.07, 6.45) is 3.15. The number of anilines is 1. The molecule has 24 heavy (non-hydrogen) atoms. The van der Waals surface area contributed by atoms with E-state index in [-0.39, 0.29) is 13.2 Å². The molecule has 1 aliphatic rings. The monoisotopic (exact) mass is 340 g/mol. The maximum Gasteiger partial charge on any atom is 0.348 e. The minimum Gasteiger partial charge on any atom is -0.451 e. The molecule has 0 atom stereocenters. The SMILES string of the molecule is N#CCN(C(=O)COC(=O)c1cc2c(s1)CCC2)c1ccccc1. The van der Waals surface area contributed by atoms with Crippen molar-refractivity contribution in [2.24, 2.45) is 0 Å². The third kappa shape index (κ3) is 3.47. The van der Waals surface area contributed by atoms with Crippen molar-refractivity contribution in [3.63, 3.8) is 0 Å². The van der Waals surface area contributed by atoms with Crippen molar-refractivity contribution in [2.45, 2.75) is 19.3 Å². The zero-order valence-corrected chi connectivity index (χ0v) is 13.8. The van der Waals surface area contributed by atoms with Crippen LogP contribution >= 0.6 is 11.3 Å². The fourth-order valence-corrected chi connectivity index (χ4v) is 3.86. The van der Waals surface area contributed by atoms with Gasteiger partial charge in [0.25, 0.3) is 5.91 Å². The van der Waals surface area contributed by atoms with E-state index in [1.807, 2.05) is 18.2 Å².